The Morgan fingerprint density at radius 3 is 2.45 bits per heavy atom. The summed E-state index contributed by atoms with van der Waals surface area (Å²) >= 11 is 3.36. The molecule has 0 aromatic heterocycles. The van der Waals surface area contributed by atoms with Gasteiger partial charge < -0.3 is 9.30 Å². The monoisotopic (exact) mass is 240 g/mol. The quantitative estimate of drug-likeness (QED) is 0.548. The second kappa shape index (κ2) is 3.59. The third-order valence-electron chi connectivity index (χ3n) is 1.95. The zero-order chi connectivity index (χ0) is 8.48. The van der Waals surface area contributed by atoms with Crippen LogP contribution in [0, 0.1) is 0 Å². The maximum Gasteiger partial charge on any atom is 0.110 e. The Labute approximate surface area is 76.2 Å². The van der Waals surface area contributed by atoms with E-state index in [-0.39, 0.29) is 11.9 Å². The SMILES string of the molecule is CP(C)(=O)[C@H]1CC[C@@H](CBr)O1. The van der Waals surface area contributed by atoms with E-state index in [1.165, 1.54) is 0 Å². The van der Waals surface area contributed by atoms with Crippen LogP contribution in [0.2, 0.25) is 0 Å². The fourth-order valence-corrected chi connectivity index (χ4v) is 2.97. The van der Waals surface area contributed by atoms with Crippen molar-refractivity contribution in [1.29, 1.82) is 0 Å². The predicted octanol–water partition coefficient (Wildman–Crippen LogP) is 2.51. The zero-order valence-electron chi connectivity index (χ0n) is 6.92. The first-order valence-electron chi connectivity index (χ1n) is 3.80. The van der Waals surface area contributed by atoms with Crippen LogP contribution in [0.4, 0.5) is 0 Å². The molecule has 0 aromatic carbocycles. The number of rotatable bonds is 2. The second-order valence-electron chi connectivity index (χ2n) is 3.38. The highest BCUT2D eigenvalue weighted by atomic mass is 79.9. The molecule has 0 radical (unpaired) electrons. The molecule has 1 rings (SSSR count). The first kappa shape index (κ1) is 9.76. The molecule has 4 heteroatoms. The minimum atomic E-state index is -2.01. The third kappa shape index (κ3) is 2.57. The number of alkyl halides is 1. The van der Waals surface area contributed by atoms with E-state index in [1.54, 1.807) is 13.3 Å². The summed E-state index contributed by atoms with van der Waals surface area (Å²) in [6, 6.07) is 0. The van der Waals surface area contributed by atoms with Gasteiger partial charge >= 0.3 is 0 Å². The van der Waals surface area contributed by atoms with Crippen LogP contribution in [0.1, 0.15) is 12.8 Å². The number of halogens is 1. The van der Waals surface area contributed by atoms with Crippen LogP contribution in [0.5, 0.6) is 0 Å². The summed E-state index contributed by atoms with van der Waals surface area (Å²) in [7, 11) is -2.01. The van der Waals surface area contributed by atoms with Crippen molar-refractivity contribution in [3.8, 4) is 0 Å². The van der Waals surface area contributed by atoms with E-state index in [0.29, 0.717) is 0 Å². The van der Waals surface area contributed by atoms with Crippen molar-refractivity contribution >= 4 is 23.1 Å². The van der Waals surface area contributed by atoms with Crippen LogP contribution >= 0.6 is 23.1 Å². The van der Waals surface area contributed by atoms with E-state index >= 15 is 0 Å². The Bertz CT molecular complexity index is 177. The van der Waals surface area contributed by atoms with Crippen molar-refractivity contribution in [2.45, 2.75) is 24.8 Å². The van der Waals surface area contributed by atoms with Gasteiger partial charge in [0.1, 0.15) is 13.0 Å². The first-order valence-corrected chi connectivity index (χ1v) is 7.59. The molecule has 66 valence electrons. The molecule has 1 heterocycles. The van der Waals surface area contributed by atoms with Crippen LogP contribution in [-0.4, -0.2) is 30.6 Å². The summed E-state index contributed by atoms with van der Waals surface area (Å²) in [4.78, 5) is 0. The topological polar surface area (TPSA) is 26.3 Å². The Hall–Kier alpha value is 0.670. The fraction of sp³-hybridized carbons (Fsp3) is 1.00. The number of hydrogen-bond acceptors (Lipinski definition) is 2. The maximum atomic E-state index is 11.5. The van der Waals surface area contributed by atoms with Crippen molar-refractivity contribution < 1.29 is 9.30 Å². The highest BCUT2D eigenvalue weighted by molar-refractivity contribution is 9.09. The van der Waals surface area contributed by atoms with Gasteiger partial charge in [-0.2, -0.15) is 0 Å². The summed E-state index contributed by atoms with van der Waals surface area (Å²) in [5, 5.41) is 0.865. The minimum Gasteiger partial charge on any atom is -0.366 e. The lowest BCUT2D eigenvalue weighted by atomic mass is 10.3. The molecule has 0 unspecified atom stereocenters. The molecule has 2 nitrogen and oxygen atoms in total. The van der Waals surface area contributed by atoms with Gasteiger partial charge in [0.25, 0.3) is 0 Å². The van der Waals surface area contributed by atoms with Crippen molar-refractivity contribution in [2.75, 3.05) is 18.7 Å². The number of hydrogen-bond donors (Lipinski definition) is 0. The van der Waals surface area contributed by atoms with Crippen LogP contribution in [0.15, 0.2) is 0 Å². The molecule has 1 saturated heterocycles. The normalized spacial score (nSPS) is 32.6. The van der Waals surface area contributed by atoms with Crippen LogP contribution in [0.3, 0.4) is 0 Å². The number of ether oxygens (including phenoxy) is 1. The highest BCUT2D eigenvalue weighted by Gasteiger charge is 2.32. The molecule has 0 bridgehead atoms. The van der Waals surface area contributed by atoms with E-state index < -0.39 is 7.14 Å². The minimum absolute atomic E-state index is 0.0186. The van der Waals surface area contributed by atoms with Gasteiger partial charge in [-0.25, -0.2) is 0 Å². The van der Waals surface area contributed by atoms with Gasteiger partial charge in [0.15, 0.2) is 0 Å². The molecular weight excluding hydrogens is 227 g/mol. The van der Waals surface area contributed by atoms with Crippen molar-refractivity contribution in [1.82, 2.24) is 0 Å². The van der Waals surface area contributed by atoms with E-state index in [0.717, 1.165) is 18.2 Å². The molecule has 0 aliphatic carbocycles. The van der Waals surface area contributed by atoms with E-state index in [4.69, 9.17) is 4.74 Å². The van der Waals surface area contributed by atoms with Crippen LogP contribution in [-0.2, 0) is 9.30 Å². The molecule has 0 aromatic rings. The van der Waals surface area contributed by atoms with Gasteiger partial charge in [-0.05, 0) is 26.2 Å². The molecule has 1 aliphatic heterocycles. The van der Waals surface area contributed by atoms with Crippen molar-refractivity contribution in [3.63, 3.8) is 0 Å². The second-order valence-corrected chi connectivity index (χ2v) is 7.47. The molecule has 0 N–H and O–H groups in total. The maximum absolute atomic E-state index is 11.5. The van der Waals surface area contributed by atoms with Gasteiger partial charge in [-0.15, -0.1) is 0 Å². The summed E-state index contributed by atoms with van der Waals surface area (Å²) in [5.74, 6) is 0.0186. The Morgan fingerprint density at radius 2 is 2.18 bits per heavy atom. The van der Waals surface area contributed by atoms with Crippen molar-refractivity contribution in [2.24, 2.45) is 0 Å². The standard InChI is InChI=1S/C7H14BrO2P/c1-11(2,9)7-4-3-6(5-8)10-7/h6-7H,3-5H2,1-2H3/t6-,7-/m0/s1. The first-order chi connectivity index (χ1) is 5.04. The summed E-state index contributed by atoms with van der Waals surface area (Å²) in [6.45, 7) is 3.60. The third-order valence-corrected chi connectivity index (χ3v) is 4.44. The van der Waals surface area contributed by atoms with E-state index in [2.05, 4.69) is 15.9 Å². The lowest BCUT2D eigenvalue weighted by Crippen LogP contribution is -2.11. The lowest BCUT2D eigenvalue weighted by Gasteiger charge is -2.15. The molecule has 2 atom stereocenters. The molecule has 1 fully saturated rings. The largest absolute Gasteiger partial charge is 0.366 e. The van der Waals surface area contributed by atoms with Crippen molar-refractivity contribution in [3.05, 3.63) is 0 Å². The summed E-state index contributed by atoms with van der Waals surface area (Å²) in [5.41, 5.74) is 0. The van der Waals surface area contributed by atoms with Gasteiger partial charge in [0, 0.05) is 5.33 Å². The zero-order valence-corrected chi connectivity index (χ0v) is 9.40. The molecular formula is C7H14BrO2P. The van der Waals surface area contributed by atoms with Crippen LogP contribution in [0.25, 0.3) is 0 Å². The predicted molar refractivity (Wildman–Crippen MR) is 51.1 cm³/mol. The molecule has 0 amide bonds. The molecule has 0 saturated carbocycles. The van der Waals surface area contributed by atoms with E-state index in [1.807, 2.05) is 0 Å². The lowest BCUT2D eigenvalue weighted by molar-refractivity contribution is 0.103. The van der Waals surface area contributed by atoms with Gasteiger partial charge in [-0.1, -0.05) is 15.9 Å². The summed E-state index contributed by atoms with van der Waals surface area (Å²) < 4.78 is 17.1. The average Bonchev–Trinajstić information content (AvgIpc) is 2.32. The molecule has 1 aliphatic rings. The highest BCUT2D eigenvalue weighted by Crippen LogP contribution is 2.48. The molecule has 0 spiro atoms. The Morgan fingerprint density at radius 1 is 1.55 bits per heavy atom. The van der Waals surface area contributed by atoms with Gasteiger partial charge in [-0.3, -0.25) is 0 Å². The van der Waals surface area contributed by atoms with E-state index in [9.17, 15) is 4.57 Å². The average molecular weight is 241 g/mol. The van der Waals surface area contributed by atoms with Crippen LogP contribution < -0.4 is 0 Å². The van der Waals surface area contributed by atoms with Gasteiger partial charge in [0.2, 0.25) is 0 Å². The fourth-order valence-electron chi connectivity index (χ4n) is 1.26. The summed E-state index contributed by atoms with van der Waals surface area (Å²) in [6.07, 6.45) is 2.29. The smallest absolute Gasteiger partial charge is 0.110 e. The Kier molecular flexibility index (Phi) is 3.18. The Balaban J connectivity index is 2.48. The molecule has 11 heavy (non-hydrogen) atoms. The van der Waals surface area contributed by atoms with Gasteiger partial charge in [0.05, 0.1) is 6.10 Å².